The molecule has 1 atom stereocenters. The summed E-state index contributed by atoms with van der Waals surface area (Å²) in [7, 11) is 1.53. The van der Waals surface area contributed by atoms with Crippen LogP contribution in [0.2, 0.25) is 0 Å². The first kappa shape index (κ1) is 19.1. The van der Waals surface area contributed by atoms with E-state index in [4.69, 9.17) is 9.47 Å². The molecule has 0 saturated carbocycles. The first-order valence-electron chi connectivity index (χ1n) is 8.38. The first-order chi connectivity index (χ1) is 12.6. The topological polar surface area (TPSA) is 71.3 Å². The highest BCUT2D eigenvalue weighted by Crippen LogP contribution is 2.32. The average molecular weight is 350 g/mol. The van der Waals surface area contributed by atoms with E-state index in [9.17, 15) is 10.1 Å². The molecule has 1 amide bonds. The number of nitrogens with one attached hydrogen (secondary N) is 1. The average Bonchev–Trinajstić information content (AvgIpc) is 2.67. The Kier molecular flexibility index (Phi) is 6.81. The van der Waals surface area contributed by atoms with Crippen LogP contribution in [0.4, 0.5) is 0 Å². The van der Waals surface area contributed by atoms with Gasteiger partial charge < -0.3 is 14.8 Å². The van der Waals surface area contributed by atoms with Crippen LogP contribution in [0.3, 0.4) is 0 Å². The second-order valence-electron chi connectivity index (χ2n) is 5.59. The van der Waals surface area contributed by atoms with Crippen molar-refractivity contribution in [2.45, 2.75) is 19.9 Å². The van der Waals surface area contributed by atoms with Crippen molar-refractivity contribution in [3.05, 3.63) is 65.2 Å². The van der Waals surface area contributed by atoms with Gasteiger partial charge in [-0.05, 0) is 31.6 Å². The Morgan fingerprint density at radius 3 is 2.58 bits per heavy atom. The molecular weight excluding hydrogens is 328 g/mol. The van der Waals surface area contributed by atoms with E-state index >= 15 is 0 Å². The highest BCUT2D eigenvalue weighted by atomic mass is 16.5. The standard InChI is InChI=1S/C21H22N2O3/c1-4-26-19-12-8-11-17(20(19)25-3)13-18(14-22)21(24)23-15(2)16-9-6-5-7-10-16/h5-13,15H,4H2,1-3H3,(H,23,24)/b18-13+/t15-/m1/s1. The van der Waals surface area contributed by atoms with E-state index in [1.165, 1.54) is 13.2 Å². The SMILES string of the molecule is CCOc1cccc(/C=C(\C#N)C(=O)N[C@H](C)c2ccccc2)c1OC. The monoisotopic (exact) mass is 350 g/mol. The molecular formula is C21H22N2O3. The van der Waals surface area contributed by atoms with Crippen LogP contribution >= 0.6 is 0 Å². The number of hydrogen-bond donors (Lipinski definition) is 1. The molecule has 0 radical (unpaired) electrons. The maximum atomic E-state index is 12.5. The summed E-state index contributed by atoms with van der Waals surface area (Å²) >= 11 is 0. The van der Waals surface area contributed by atoms with E-state index in [0.717, 1.165) is 5.56 Å². The van der Waals surface area contributed by atoms with Gasteiger partial charge in [-0.1, -0.05) is 42.5 Å². The number of benzene rings is 2. The minimum absolute atomic E-state index is 0.000250. The third kappa shape index (κ3) is 4.64. The van der Waals surface area contributed by atoms with E-state index in [2.05, 4.69) is 5.32 Å². The van der Waals surface area contributed by atoms with Crippen LogP contribution in [0.25, 0.3) is 6.08 Å². The number of rotatable bonds is 7. The third-order valence-electron chi connectivity index (χ3n) is 3.83. The molecule has 0 heterocycles. The predicted molar refractivity (Wildman–Crippen MR) is 101 cm³/mol. The van der Waals surface area contributed by atoms with Crippen LogP contribution in [-0.4, -0.2) is 19.6 Å². The molecule has 1 N–H and O–H groups in total. The molecule has 0 aliphatic carbocycles. The van der Waals surface area contributed by atoms with E-state index < -0.39 is 5.91 Å². The van der Waals surface area contributed by atoms with Crippen molar-refractivity contribution < 1.29 is 14.3 Å². The number of carbonyl (C=O) groups is 1. The highest BCUT2D eigenvalue weighted by molar-refractivity contribution is 6.02. The van der Waals surface area contributed by atoms with Crippen molar-refractivity contribution in [3.8, 4) is 17.6 Å². The molecule has 5 nitrogen and oxygen atoms in total. The zero-order valence-electron chi connectivity index (χ0n) is 15.2. The zero-order chi connectivity index (χ0) is 18.9. The fourth-order valence-electron chi connectivity index (χ4n) is 2.54. The maximum absolute atomic E-state index is 12.5. The van der Waals surface area contributed by atoms with Gasteiger partial charge in [0, 0.05) is 5.56 Å². The van der Waals surface area contributed by atoms with Crippen molar-refractivity contribution in [3.63, 3.8) is 0 Å². The lowest BCUT2D eigenvalue weighted by molar-refractivity contribution is -0.117. The van der Waals surface area contributed by atoms with Crippen LogP contribution in [-0.2, 0) is 4.79 Å². The fraction of sp³-hybridized carbons (Fsp3) is 0.238. The molecule has 5 heteroatoms. The summed E-state index contributed by atoms with van der Waals surface area (Å²) in [6.45, 7) is 4.24. The van der Waals surface area contributed by atoms with Gasteiger partial charge >= 0.3 is 0 Å². The van der Waals surface area contributed by atoms with E-state index in [1.54, 1.807) is 18.2 Å². The number of nitriles is 1. The van der Waals surface area contributed by atoms with Gasteiger partial charge in [0.1, 0.15) is 11.6 Å². The van der Waals surface area contributed by atoms with Gasteiger partial charge in [-0.2, -0.15) is 5.26 Å². The molecule has 2 aromatic rings. The largest absolute Gasteiger partial charge is 0.492 e. The summed E-state index contributed by atoms with van der Waals surface area (Å²) in [6, 6.07) is 16.7. The molecule has 0 spiro atoms. The Hall–Kier alpha value is -3.26. The normalized spacial score (nSPS) is 12.0. The van der Waals surface area contributed by atoms with E-state index in [0.29, 0.717) is 23.7 Å². The minimum Gasteiger partial charge on any atom is -0.492 e. The molecule has 2 rings (SSSR count). The van der Waals surface area contributed by atoms with Crippen molar-refractivity contribution in [1.29, 1.82) is 5.26 Å². The Morgan fingerprint density at radius 1 is 1.23 bits per heavy atom. The number of ether oxygens (including phenoxy) is 2. The summed E-state index contributed by atoms with van der Waals surface area (Å²) in [6.07, 6.45) is 1.51. The van der Waals surface area contributed by atoms with Crippen LogP contribution in [0, 0.1) is 11.3 Å². The van der Waals surface area contributed by atoms with Crippen molar-refractivity contribution in [2.75, 3.05) is 13.7 Å². The number of hydrogen-bond acceptors (Lipinski definition) is 4. The molecule has 0 aliphatic heterocycles. The minimum atomic E-state index is -0.437. The Morgan fingerprint density at radius 2 is 1.96 bits per heavy atom. The fourth-order valence-corrected chi connectivity index (χ4v) is 2.54. The first-order valence-corrected chi connectivity index (χ1v) is 8.38. The van der Waals surface area contributed by atoms with Crippen LogP contribution in [0.5, 0.6) is 11.5 Å². The predicted octanol–water partition coefficient (Wildman–Crippen LogP) is 3.88. The number of nitrogens with zero attached hydrogens (tertiary/aromatic N) is 1. The molecule has 26 heavy (non-hydrogen) atoms. The lowest BCUT2D eigenvalue weighted by Gasteiger charge is -2.14. The van der Waals surface area contributed by atoms with Gasteiger partial charge in [0.25, 0.3) is 5.91 Å². The summed E-state index contributed by atoms with van der Waals surface area (Å²) in [5, 5.41) is 12.3. The Bertz CT molecular complexity index is 823. The molecule has 2 aromatic carbocycles. The smallest absolute Gasteiger partial charge is 0.262 e. The highest BCUT2D eigenvalue weighted by Gasteiger charge is 2.16. The summed E-state index contributed by atoms with van der Waals surface area (Å²) < 4.78 is 10.9. The molecule has 0 saturated heterocycles. The molecule has 0 aromatic heterocycles. The van der Waals surface area contributed by atoms with Crippen molar-refractivity contribution in [1.82, 2.24) is 5.32 Å². The second kappa shape index (κ2) is 9.28. The molecule has 134 valence electrons. The second-order valence-corrected chi connectivity index (χ2v) is 5.59. The van der Waals surface area contributed by atoms with E-state index in [1.807, 2.05) is 50.2 Å². The Labute approximate surface area is 153 Å². The summed E-state index contributed by atoms with van der Waals surface area (Å²) in [5.41, 5.74) is 1.58. The quantitative estimate of drug-likeness (QED) is 0.608. The van der Waals surface area contributed by atoms with Gasteiger partial charge in [0.05, 0.1) is 19.8 Å². The molecule has 0 bridgehead atoms. The Balaban J connectivity index is 2.26. The van der Waals surface area contributed by atoms with Crippen LogP contribution < -0.4 is 14.8 Å². The number of methoxy groups -OCH3 is 1. The van der Waals surface area contributed by atoms with Crippen LogP contribution in [0.15, 0.2) is 54.1 Å². The summed E-state index contributed by atoms with van der Waals surface area (Å²) in [4.78, 5) is 12.5. The lowest BCUT2D eigenvalue weighted by Crippen LogP contribution is -2.27. The van der Waals surface area contributed by atoms with Gasteiger partial charge in [-0.15, -0.1) is 0 Å². The van der Waals surface area contributed by atoms with Gasteiger partial charge in [0.2, 0.25) is 0 Å². The number of amides is 1. The summed E-state index contributed by atoms with van der Waals surface area (Å²) in [5.74, 6) is 0.623. The van der Waals surface area contributed by atoms with Gasteiger partial charge in [-0.3, -0.25) is 4.79 Å². The zero-order valence-corrected chi connectivity index (χ0v) is 15.2. The third-order valence-corrected chi connectivity index (χ3v) is 3.83. The molecule has 0 unspecified atom stereocenters. The van der Waals surface area contributed by atoms with Gasteiger partial charge in [-0.25, -0.2) is 0 Å². The van der Waals surface area contributed by atoms with Crippen molar-refractivity contribution >= 4 is 12.0 Å². The number of carbonyl (C=O) groups excluding carboxylic acids is 1. The van der Waals surface area contributed by atoms with Gasteiger partial charge in [0.15, 0.2) is 11.5 Å². The lowest BCUT2D eigenvalue weighted by atomic mass is 10.1. The van der Waals surface area contributed by atoms with E-state index in [-0.39, 0.29) is 11.6 Å². The number of para-hydroxylation sites is 1. The van der Waals surface area contributed by atoms with Crippen LogP contribution in [0.1, 0.15) is 31.0 Å². The molecule has 0 fully saturated rings. The molecule has 0 aliphatic rings. The van der Waals surface area contributed by atoms with Crippen molar-refractivity contribution in [2.24, 2.45) is 0 Å². The maximum Gasteiger partial charge on any atom is 0.262 e.